The number of benzene rings is 1. The molecule has 0 fully saturated rings. The van der Waals surface area contributed by atoms with E-state index in [1.807, 2.05) is 6.07 Å². The molecule has 1 rings (SSSR count). The van der Waals surface area contributed by atoms with Crippen molar-refractivity contribution in [2.75, 3.05) is 5.33 Å². The fourth-order valence-electron chi connectivity index (χ4n) is 0.893. The highest BCUT2D eigenvalue weighted by atomic mass is 79.9. The van der Waals surface area contributed by atoms with Crippen molar-refractivity contribution < 1.29 is 8.78 Å². The minimum Gasteiger partial charge on any atom is -0.200 e. The number of nitrogens with zero attached hydrogens (tertiary/aromatic N) is 1. The van der Waals surface area contributed by atoms with Gasteiger partial charge in [0.05, 0.1) is 17.0 Å². The van der Waals surface area contributed by atoms with E-state index in [1.165, 1.54) is 24.3 Å². The summed E-state index contributed by atoms with van der Waals surface area (Å²) in [5.41, 5.74) is 0.113. The van der Waals surface area contributed by atoms with E-state index in [9.17, 15) is 8.78 Å². The van der Waals surface area contributed by atoms with Crippen LogP contribution >= 0.6 is 15.9 Å². The van der Waals surface area contributed by atoms with Crippen LogP contribution in [0.25, 0.3) is 0 Å². The normalized spacial score (nSPS) is 10.9. The molecule has 0 amide bonds. The molecule has 0 radical (unpaired) electrons. The van der Waals surface area contributed by atoms with Crippen LogP contribution in [0.2, 0.25) is 0 Å². The van der Waals surface area contributed by atoms with E-state index in [1.54, 1.807) is 0 Å². The van der Waals surface area contributed by atoms with Crippen LogP contribution in [0.3, 0.4) is 0 Å². The zero-order chi connectivity index (χ0) is 9.90. The van der Waals surface area contributed by atoms with Crippen LogP contribution in [0.4, 0.5) is 8.78 Å². The fraction of sp³-hybridized carbons (Fsp3) is 0.222. The summed E-state index contributed by atoms with van der Waals surface area (Å²) in [7, 11) is 0. The Morgan fingerprint density at radius 3 is 2.69 bits per heavy atom. The monoisotopic (exact) mass is 245 g/mol. The second kappa shape index (κ2) is 3.84. The number of nitriles is 1. The maximum atomic E-state index is 13.0. The molecule has 0 heterocycles. The Balaban J connectivity index is 3.10. The predicted molar refractivity (Wildman–Crippen MR) is 48.8 cm³/mol. The highest BCUT2D eigenvalue weighted by Gasteiger charge is 2.29. The molecule has 0 unspecified atom stereocenters. The third-order valence-electron chi connectivity index (χ3n) is 1.58. The Labute approximate surface area is 83.1 Å². The van der Waals surface area contributed by atoms with Gasteiger partial charge in [-0.3, -0.25) is 0 Å². The van der Waals surface area contributed by atoms with Crippen LogP contribution < -0.4 is 0 Å². The quantitative estimate of drug-likeness (QED) is 0.735. The third kappa shape index (κ3) is 2.25. The number of alkyl halides is 3. The predicted octanol–water partition coefficient (Wildman–Crippen LogP) is 3.04. The summed E-state index contributed by atoms with van der Waals surface area (Å²) in [6.07, 6.45) is 0. The lowest BCUT2D eigenvalue weighted by molar-refractivity contribution is 0.0245. The SMILES string of the molecule is N#Cc1cccc(C(F)(F)CBr)c1. The van der Waals surface area contributed by atoms with Gasteiger partial charge in [-0.25, -0.2) is 8.78 Å². The molecular weight excluding hydrogens is 240 g/mol. The lowest BCUT2D eigenvalue weighted by Gasteiger charge is -2.12. The standard InChI is InChI=1S/C9H6BrF2N/c10-6-9(11,12)8-3-1-2-7(4-8)5-13/h1-4H,6H2. The lowest BCUT2D eigenvalue weighted by atomic mass is 10.1. The van der Waals surface area contributed by atoms with Crippen molar-refractivity contribution in [2.45, 2.75) is 5.92 Å². The average Bonchev–Trinajstić information content (AvgIpc) is 2.18. The molecule has 13 heavy (non-hydrogen) atoms. The van der Waals surface area contributed by atoms with Crippen molar-refractivity contribution >= 4 is 15.9 Å². The molecule has 0 aliphatic rings. The van der Waals surface area contributed by atoms with Crippen LogP contribution in [0.1, 0.15) is 11.1 Å². The van der Waals surface area contributed by atoms with Gasteiger partial charge in [-0.15, -0.1) is 0 Å². The van der Waals surface area contributed by atoms with E-state index < -0.39 is 11.3 Å². The van der Waals surface area contributed by atoms with Gasteiger partial charge in [-0.05, 0) is 12.1 Å². The van der Waals surface area contributed by atoms with E-state index in [-0.39, 0.29) is 11.1 Å². The number of hydrogen-bond donors (Lipinski definition) is 0. The first-order chi connectivity index (χ1) is 6.10. The molecule has 4 heteroatoms. The summed E-state index contributed by atoms with van der Waals surface area (Å²) in [6.45, 7) is 0. The molecule has 0 saturated carbocycles. The molecule has 0 spiro atoms. The summed E-state index contributed by atoms with van der Waals surface area (Å²) >= 11 is 2.72. The van der Waals surface area contributed by atoms with Gasteiger partial charge in [0.1, 0.15) is 0 Å². The fourth-order valence-corrected chi connectivity index (χ4v) is 1.22. The van der Waals surface area contributed by atoms with Crippen LogP contribution in [-0.4, -0.2) is 5.33 Å². The molecular formula is C9H6BrF2N. The number of halogens is 3. The van der Waals surface area contributed by atoms with Gasteiger partial charge >= 0.3 is 0 Å². The maximum Gasteiger partial charge on any atom is 0.282 e. The minimum absolute atomic E-state index is 0.136. The van der Waals surface area contributed by atoms with Crippen molar-refractivity contribution in [3.8, 4) is 6.07 Å². The van der Waals surface area contributed by atoms with Crippen molar-refractivity contribution in [1.29, 1.82) is 5.26 Å². The molecule has 0 atom stereocenters. The second-order valence-corrected chi connectivity index (χ2v) is 3.09. The van der Waals surface area contributed by atoms with Gasteiger partial charge in [0.2, 0.25) is 0 Å². The van der Waals surface area contributed by atoms with Gasteiger partial charge in [-0.2, -0.15) is 5.26 Å². The molecule has 0 aliphatic carbocycles. The average molecular weight is 246 g/mol. The molecule has 1 aromatic carbocycles. The van der Waals surface area contributed by atoms with Crippen LogP contribution in [0, 0.1) is 11.3 Å². The van der Waals surface area contributed by atoms with Gasteiger partial charge in [0.15, 0.2) is 0 Å². The lowest BCUT2D eigenvalue weighted by Crippen LogP contribution is -2.14. The zero-order valence-corrected chi connectivity index (χ0v) is 8.18. The number of hydrogen-bond acceptors (Lipinski definition) is 1. The van der Waals surface area contributed by atoms with Crippen LogP contribution in [0.15, 0.2) is 24.3 Å². The summed E-state index contributed by atoms with van der Waals surface area (Å²) in [4.78, 5) is 0. The molecule has 0 aromatic heterocycles. The third-order valence-corrected chi connectivity index (χ3v) is 2.29. The molecule has 0 bridgehead atoms. The van der Waals surface area contributed by atoms with Gasteiger partial charge < -0.3 is 0 Å². The Morgan fingerprint density at radius 2 is 2.15 bits per heavy atom. The topological polar surface area (TPSA) is 23.8 Å². The summed E-state index contributed by atoms with van der Waals surface area (Å²) in [5.74, 6) is -2.91. The van der Waals surface area contributed by atoms with Gasteiger partial charge in [0.25, 0.3) is 5.92 Å². The van der Waals surface area contributed by atoms with E-state index in [2.05, 4.69) is 15.9 Å². The molecule has 68 valence electrons. The Kier molecular flexibility index (Phi) is 2.99. The summed E-state index contributed by atoms with van der Waals surface area (Å²) in [5, 5.41) is 8.06. The minimum atomic E-state index is -2.91. The molecule has 0 saturated heterocycles. The van der Waals surface area contributed by atoms with Crippen molar-refractivity contribution in [3.05, 3.63) is 35.4 Å². The van der Waals surface area contributed by atoms with E-state index in [0.29, 0.717) is 0 Å². The largest absolute Gasteiger partial charge is 0.282 e. The first-order valence-corrected chi connectivity index (χ1v) is 4.67. The maximum absolute atomic E-state index is 13.0. The first kappa shape index (κ1) is 10.1. The molecule has 1 nitrogen and oxygen atoms in total. The van der Waals surface area contributed by atoms with Crippen molar-refractivity contribution in [3.63, 3.8) is 0 Å². The Hall–Kier alpha value is -0.950. The highest BCUT2D eigenvalue weighted by Crippen LogP contribution is 2.29. The van der Waals surface area contributed by atoms with E-state index >= 15 is 0 Å². The van der Waals surface area contributed by atoms with Crippen molar-refractivity contribution in [2.24, 2.45) is 0 Å². The Bertz CT molecular complexity index is 344. The van der Waals surface area contributed by atoms with Crippen molar-refractivity contribution in [1.82, 2.24) is 0 Å². The first-order valence-electron chi connectivity index (χ1n) is 3.54. The van der Waals surface area contributed by atoms with E-state index in [0.717, 1.165) is 0 Å². The number of rotatable bonds is 2. The smallest absolute Gasteiger partial charge is 0.200 e. The van der Waals surface area contributed by atoms with Gasteiger partial charge in [0, 0.05) is 5.56 Å². The second-order valence-electron chi connectivity index (χ2n) is 2.53. The summed E-state index contributed by atoms with van der Waals surface area (Å²) < 4.78 is 26.1. The molecule has 1 aromatic rings. The summed E-state index contributed by atoms with van der Waals surface area (Å²) in [6, 6.07) is 7.26. The van der Waals surface area contributed by atoms with E-state index in [4.69, 9.17) is 5.26 Å². The highest BCUT2D eigenvalue weighted by molar-refractivity contribution is 9.09. The van der Waals surface area contributed by atoms with Gasteiger partial charge in [-0.1, -0.05) is 28.1 Å². The van der Waals surface area contributed by atoms with Crippen LogP contribution in [0.5, 0.6) is 0 Å². The molecule has 0 aliphatic heterocycles. The zero-order valence-electron chi connectivity index (χ0n) is 6.60. The van der Waals surface area contributed by atoms with Crippen LogP contribution in [-0.2, 0) is 5.92 Å². The Morgan fingerprint density at radius 1 is 1.46 bits per heavy atom. The molecule has 0 N–H and O–H groups in total.